The average Bonchev–Trinajstić information content (AvgIpc) is 3.75. The smallest absolute Gasteiger partial charge is 0.315 e. The lowest BCUT2D eigenvalue weighted by atomic mass is 9.89. The molecule has 3 aromatic rings. The van der Waals surface area contributed by atoms with E-state index in [0.29, 0.717) is 12.5 Å². The molecule has 0 bridgehead atoms. The standard InChI is InChI=1S/C37H45N5O5/c1-26(44)34-33(25-43)47-42(35(34)36(45)38-20-11-21-41(2)30-17-7-4-8-18-30)24-28-13-9-12-27(22-28)14-10-19-39-37(46)40-32-23-31(32)29-15-5-3-6-16-29/h3-9,12-13,15-18,22,26,31-35,43-44H,11,19-21,23-25H2,1-2H3,(H,38,45)(H2,39,40,46)/t26-,31?,32?,33-,34+,35-/m1/s1. The quantitative estimate of drug-likeness (QED) is 0.144. The van der Waals surface area contributed by atoms with Gasteiger partial charge in [0.1, 0.15) is 12.1 Å². The number of hydrogen-bond acceptors (Lipinski definition) is 7. The first-order chi connectivity index (χ1) is 22.8. The van der Waals surface area contributed by atoms with Gasteiger partial charge in [-0.15, -0.1) is 0 Å². The Morgan fingerprint density at radius 2 is 1.79 bits per heavy atom. The summed E-state index contributed by atoms with van der Waals surface area (Å²) in [6.45, 7) is 2.98. The van der Waals surface area contributed by atoms with Gasteiger partial charge in [0.15, 0.2) is 0 Å². The predicted octanol–water partition coefficient (Wildman–Crippen LogP) is 3.01. The number of hydrogen-bond donors (Lipinski definition) is 5. The van der Waals surface area contributed by atoms with Crippen LogP contribution in [0.4, 0.5) is 10.5 Å². The van der Waals surface area contributed by atoms with Crippen molar-refractivity contribution in [2.24, 2.45) is 5.92 Å². The molecule has 0 radical (unpaired) electrons. The molecular weight excluding hydrogens is 594 g/mol. The Balaban J connectivity index is 1.13. The number of carbonyl (C=O) groups is 2. The van der Waals surface area contributed by atoms with Crippen molar-refractivity contribution in [2.75, 3.05) is 38.2 Å². The Hall–Kier alpha value is -4.40. The van der Waals surface area contributed by atoms with E-state index in [9.17, 15) is 19.8 Å². The summed E-state index contributed by atoms with van der Waals surface area (Å²) in [6, 6.07) is 26.9. The second-order valence-corrected chi connectivity index (χ2v) is 12.3. The summed E-state index contributed by atoms with van der Waals surface area (Å²) in [7, 11) is 2.01. The number of carbonyl (C=O) groups excluding carboxylic acids is 2. The molecule has 5 N–H and O–H groups in total. The topological polar surface area (TPSA) is 126 Å². The molecule has 1 heterocycles. The van der Waals surface area contributed by atoms with E-state index in [0.717, 1.165) is 36.2 Å². The van der Waals surface area contributed by atoms with Gasteiger partial charge in [0.25, 0.3) is 0 Å². The summed E-state index contributed by atoms with van der Waals surface area (Å²) in [4.78, 5) is 34.0. The first-order valence-corrected chi connectivity index (χ1v) is 16.3. The number of aliphatic hydroxyl groups excluding tert-OH is 2. The van der Waals surface area contributed by atoms with Crippen LogP contribution in [0.25, 0.3) is 0 Å². The second kappa shape index (κ2) is 16.4. The van der Waals surface area contributed by atoms with Gasteiger partial charge in [0.05, 0.1) is 25.8 Å². The van der Waals surface area contributed by atoms with Crippen LogP contribution in [0.3, 0.4) is 0 Å². The third-order valence-corrected chi connectivity index (χ3v) is 8.72. The summed E-state index contributed by atoms with van der Waals surface area (Å²) in [6.07, 6.45) is 0.0825. The van der Waals surface area contributed by atoms with Gasteiger partial charge < -0.3 is 31.1 Å². The molecule has 10 nitrogen and oxygen atoms in total. The summed E-state index contributed by atoms with van der Waals surface area (Å²) in [5.74, 6) is 5.59. The fourth-order valence-electron chi connectivity index (χ4n) is 6.16. The minimum absolute atomic E-state index is 0.140. The van der Waals surface area contributed by atoms with Gasteiger partial charge >= 0.3 is 6.03 Å². The molecule has 2 unspecified atom stereocenters. The van der Waals surface area contributed by atoms with Crippen LogP contribution >= 0.6 is 0 Å². The first-order valence-electron chi connectivity index (χ1n) is 16.3. The molecule has 3 amide bonds. The Morgan fingerprint density at radius 1 is 1.04 bits per heavy atom. The number of para-hydroxylation sites is 1. The van der Waals surface area contributed by atoms with Crippen LogP contribution in [0.15, 0.2) is 84.9 Å². The molecule has 1 aliphatic heterocycles. The van der Waals surface area contributed by atoms with Gasteiger partial charge in [-0.1, -0.05) is 72.5 Å². The zero-order valence-corrected chi connectivity index (χ0v) is 27.0. The average molecular weight is 640 g/mol. The maximum absolute atomic E-state index is 13.5. The summed E-state index contributed by atoms with van der Waals surface area (Å²) in [5, 5.41) is 31.0. The number of anilines is 1. The third-order valence-electron chi connectivity index (χ3n) is 8.72. The van der Waals surface area contributed by atoms with E-state index in [-0.39, 0.29) is 37.7 Å². The second-order valence-electron chi connectivity index (χ2n) is 12.3. The molecule has 2 aliphatic rings. The van der Waals surface area contributed by atoms with Gasteiger partial charge in [-0.25, -0.2) is 4.79 Å². The van der Waals surface area contributed by atoms with E-state index in [4.69, 9.17) is 4.84 Å². The molecule has 1 saturated heterocycles. The number of amides is 3. The molecule has 10 heteroatoms. The lowest BCUT2D eigenvalue weighted by Gasteiger charge is -2.26. The van der Waals surface area contributed by atoms with E-state index in [1.165, 1.54) is 5.56 Å². The zero-order valence-electron chi connectivity index (χ0n) is 27.0. The maximum Gasteiger partial charge on any atom is 0.315 e. The van der Waals surface area contributed by atoms with Crippen molar-refractivity contribution in [2.45, 2.75) is 56.5 Å². The largest absolute Gasteiger partial charge is 0.394 e. The van der Waals surface area contributed by atoms with Crippen LogP contribution in [0, 0.1) is 17.8 Å². The molecule has 47 heavy (non-hydrogen) atoms. The highest BCUT2D eigenvalue weighted by molar-refractivity contribution is 5.82. The number of aliphatic hydroxyl groups is 2. The molecule has 2 fully saturated rings. The molecular formula is C37H45N5O5. The van der Waals surface area contributed by atoms with Gasteiger partial charge in [-0.3, -0.25) is 9.63 Å². The molecule has 0 spiro atoms. The number of benzene rings is 3. The lowest BCUT2D eigenvalue weighted by molar-refractivity contribution is -0.181. The van der Waals surface area contributed by atoms with Crippen molar-refractivity contribution in [3.8, 4) is 11.8 Å². The SMILES string of the molecule is C[C@@H](O)[C@H]1[C@@H](CO)ON(Cc2cccc(C#CCNC(=O)NC3CC3c3ccccc3)c2)[C@H]1C(=O)NCCCN(C)c1ccccc1. The van der Waals surface area contributed by atoms with Crippen molar-refractivity contribution in [3.05, 3.63) is 102 Å². The summed E-state index contributed by atoms with van der Waals surface area (Å²) in [5.41, 5.74) is 3.95. The number of rotatable bonds is 13. The van der Waals surface area contributed by atoms with Gasteiger partial charge in [-0.2, -0.15) is 5.06 Å². The molecule has 1 saturated carbocycles. The van der Waals surface area contributed by atoms with Gasteiger partial charge in [0.2, 0.25) is 5.91 Å². The Kier molecular flexibility index (Phi) is 11.9. The normalized spacial score (nSPS) is 22.4. The Bertz CT molecular complexity index is 1530. The number of nitrogens with zero attached hydrogens (tertiary/aromatic N) is 2. The van der Waals surface area contributed by atoms with Crippen LogP contribution in [-0.2, 0) is 16.2 Å². The van der Waals surface area contributed by atoms with E-state index < -0.39 is 24.2 Å². The minimum Gasteiger partial charge on any atom is -0.394 e. The van der Waals surface area contributed by atoms with Gasteiger partial charge in [-0.05, 0) is 55.2 Å². The predicted molar refractivity (Wildman–Crippen MR) is 181 cm³/mol. The van der Waals surface area contributed by atoms with E-state index >= 15 is 0 Å². The molecule has 0 aromatic heterocycles. The highest BCUT2D eigenvalue weighted by Gasteiger charge is 2.49. The van der Waals surface area contributed by atoms with Crippen LogP contribution in [-0.4, -0.2) is 84.8 Å². The lowest BCUT2D eigenvalue weighted by Crippen LogP contribution is -2.49. The number of nitrogens with one attached hydrogen (secondary N) is 3. The molecule has 3 aromatic carbocycles. The van der Waals surface area contributed by atoms with Crippen molar-refractivity contribution in [3.63, 3.8) is 0 Å². The van der Waals surface area contributed by atoms with E-state index in [1.54, 1.807) is 12.0 Å². The molecule has 1 aliphatic carbocycles. The Morgan fingerprint density at radius 3 is 2.51 bits per heavy atom. The van der Waals surface area contributed by atoms with Crippen LogP contribution < -0.4 is 20.9 Å². The summed E-state index contributed by atoms with van der Waals surface area (Å²) >= 11 is 0. The molecule has 6 atom stereocenters. The molecule has 5 rings (SSSR count). The van der Waals surface area contributed by atoms with Crippen molar-refractivity contribution < 1.29 is 24.6 Å². The van der Waals surface area contributed by atoms with Gasteiger partial charge in [0, 0.05) is 49.3 Å². The maximum atomic E-state index is 13.5. The first kappa shape index (κ1) is 33.9. The fraction of sp³-hybridized carbons (Fsp3) is 0.405. The van der Waals surface area contributed by atoms with Crippen molar-refractivity contribution in [1.82, 2.24) is 21.0 Å². The monoisotopic (exact) mass is 639 g/mol. The van der Waals surface area contributed by atoms with Crippen molar-refractivity contribution in [1.29, 1.82) is 0 Å². The van der Waals surface area contributed by atoms with Crippen LogP contribution in [0.1, 0.15) is 42.4 Å². The fourth-order valence-corrected chi connectivity index (χ4v) is 6.16. The van der Waals surface area contributed by atoms with Crippen molar-refractivity contribution >= 4 is 17.6 Å². The number of hydroxylamine groups is 2. The highest BCUT2D eigenvalue weighted by Crippen LogP contribution is 2.40. The van der Waals surface area contributed by atoms with E-state index in [2.05, 4.69) is 44.8 Å². The molecule has 248 valence electrons. The Labute approximate surface area is 277 Å². The third kappa shape index (κ3) is 9.33. The summed E-state index contributed by atoms with van der Waals surface area (Å²) < 4.78 is 0. The van der Waals surface area contributed by atoms with Crippen LogP contribution in [0.5, 0.6) is 0 Å². The minimum atomic E-state index is -0.872. The van der Waals surface area contributed by atoms with E-state index in [1.807, 2.05) is 79.8 Å². The highest BCUT2D eigenvalue weighted by atomic mass is 16.7. The number of urea groups is 1. The van der Waals surface area contributed by atoms with Crippen LogP contribution in [0.2, 0.25) is 0 Å². The zero-order chi connectivity index (χ0) is 33.2.